The van der Waals surface area contributed by atoms with Gasteiger partial charge in [-0.2, -0.15) is 0 Å². The van der Waals surface area contributed by atoms with Crippen LogP contribution in [0.3, 0.4) is 0 Å². The molecule has 2 aliphatic heterocycles. The highest BCUT2D eigenvalue weighted by Crippen LogP contribution is 2.20. The summed E-state index contributed by atoms with van der Waals surface area (Å²) in [6.45, 7) is 4.16. The standard InChI is InChI=1S/C12H20N2O4/c1-8(9-2-4-18-5-3-9)13-12(17)14-6-10(7-14)11(15)16/h8-10H,2-7H2,1H3,(H,13,17)(H,15,16). The molecule has 0 radical (unpaired) electrons. The second kappa shape index (κ2) is 5.56. The van der Waals surface area contributed by atoms with Crippen LogP contribution < -0.4 is 5.32 Å². The molecule has 6 nitrogen and oxygen atoms in total. The first-order valence-corrected chi connectivity index (χ1v) is 6.44. The zero-order chi connectivity index (χ0) is 13.1. The number of nitrogens with zero attached hydrogens (tertiary/aromatic N) is 1. The van der Waals surface area contributed by atoms with Crippen molar-refractivity contribution in [1.82, 2.24) is 10.2 Å². The minimum absolute atomic E-state index is 0.116. The van der Waals surface area contributed by atoms with Crippen molar-refractivity contribution in [2.75, 3.05) is 26.3 Å². The van der Waals surface area contributed by atoms with Crippen molar-refractivity contribution >= 4 is 12.0 Å². The second-order valence-electron chi connectivity index (χ2n) is 5.13. The third-order valence-electron chi connectivity index (χ3n) is 3.84. The zero-order valence-corrected chi connectivity index (χ0v) is 10.6. The first-order chi connectivity index (χ1) is 8.58. The predicted octanol–water partition coefficient (Wildman–Crippen LogP) is 0.527. The van der Waals surface area contributed by atoms with Crippen molar-refractivity contribution in [3.8, 4) is 0 Å². The van der Waals surface area contributed by atoms with Crippen LogP contribution in [0.1, 0.15) is 19.8 Å². The predicted molar refractivity (Wildman–Crippen MR) is 64.2 cm³/mol. The molecule has 1 atom stereocenters. The van der Waals surface area contributed by atoms with Crippen LogP contribution >= 0.6 is 0 Å². The quantitative estimate of drug-likeness (QED) is 0.772. The Labute approximate surface area is 106 Å². The number of carbonyl (C=O) groups excluding carboxylic acids is 1. The summed E-state index contributed by atoms with van der Waals surface area (Å²) in [5.41, 5.74) is 0. The Morgan fingerprint density at radius 3 is 2.50 bits per heavy atom. The lowest BCUT2D eigenvalue weighted by Gasteiger charge is -2.38. The van der Waals surface area contributed by atoms with Crippen molar-refractivity contribution in [2.24, 2.45) is 11.8 Å². The van der Waals surface area contributed by atoms with E-state index < -0.39 is 11.9 Å². The van der Waals surface area contributed by atoms with Gasteiger partial charge in [-0.05, 0) is 25.7 Å². The van der Waals surface area contributed by atoms with E-state index in [9.17, 15) is 9.59 Å². The molecule has 6 heteroatoms. The lowest BCUT2D eigenvalue weighted by molar-refractivity contribution is -0.146. The third-order valence-corrected chi connectivity index (χ3v) is 3.84. The van der Waals surface area contributed by atoms with Gasteiger partial charge in [0.05, 0.1) is 5.92 Å². The molecular formula is C12H20N2O4. The largest absolute Gasteiger partial charge is 0.481 e. The average molecular weight is 256 g/mol. The van der Waals surface area contributed by atoms with E-state index in [1.807, 2.05) is 6.92 Å². The molecular weight excluding hydrogens is 236 g/mol. The number of urea groups is 1. The first-order valence-electron chi connectivity index (χ1n) is 6.44. The third kappa shape index (κ3) is 2.93. The molecule has 102 valence electrons. The Bertz CT molecular complexity index is 322. The van der Waals surface area contributed by atoms with Crippen LogP contribution in [0.5, 0.6) is 0 Å². The van der Waals surface area contributed by atoms with E-state index in [1.54, 1.807) is 4.90 Å². The Kier molecular flexibility index (Phi) is 4.06. The molecule has 2 heterocycles. The molecule has 0 spiro atoms. The molecule has 18 heavy (non-hydrogen) atoms. The van der Waals surface area contributed by atoms with Gasteiger partial charge in [0.25, 0.3) is 0 Å². The minimum Gasteiger partial charge on any atom is -0.481 e. The number of nitrogens with one attached hydrogen (secondary N) is 1. The van der Waals surface area contributed by atoms with Gasteiger partial charge >= 0.3 is 12.0 Å². The molecule has 0 aromatic heterocycles. The molecule has 2 saturated heterocycles. The normalized spacial score (nSPS) is 23.3. The van der Waals surface area contributed by atoms with E-state index in [4.69, 9.17) is 9.84 Å². The van der Waals surface area contributed by atoms with E-state index in [1.165, 1.54) is 0 Å². The summed E-state index contributed by atoms with van der Waals surface area (Å²) in [4.78, 5) is 24.0. The lowest BCUT2D eigenvalue weighted by Crippen LogP contribution is -2.58. The van der Waals surface area contributed by atoms with Gasteiger partial charge in [-0.25, -0.2) is 4.79 Å². The molecule has 2 fully saturated rings. The fourth-order valence-electron chi connectivity index (χ4n) is 2.42. The Balaban J connectivity index is 1.72. The van der Waals surface area contributed by atoms with Crippen molar-refractivity contribution < 1.29 is 19.4 Å². The van der Waals surface area contributed by atoms with Crippen LogP contribution in [0.15, 0.2) is 0 Å². The van der Waals surface area contributed by atoms with Gasteiger partial charge in [0.1, 0.15) is 0 Å². The zero-order valence-electron chi connectivity index (χ0n) is 10.6. The van der Waals surface area contributed by atoms with E-state index in [-0.39, 0.29) is 12.1 Å². The van der Waals surface area contributed by atoms with E-state index in [0.717, 1.165) is 26.1 Å². The molecule has 2 N–H and O–H groups in total. The fraction of sp³-hybridized carbons (Fsp3) is 0.833. The molecule has 0 aromatic carbocycles. The topological polar surface area (TPSA) is 78.9 Å². The SMILES string of the molecule is CC(NC(=O)N1CC(C(=O)O)C1)C1CCOCC1. The van der Waals surface area contributed by atoms with Crippen molar-refractivity contribution in [2.45, 2.75) is 25.8 Å². The number of hydrogen-bond donors (Lipinski definition) is 2. The summed E-state index contributed by atoms with van der Waals surface area (Å²) in [5.74, 6) is -0.759. The van der Waals surface area contributed by atoms with Crippen molar-refractivity contribution in [3.63, 3.8) is 0 Å². The highest BCUT2D eigenvalue weighted by Gasteiger charge is 2.36. The number of rotatable bonds is 3. The van der Waals surface area contributed by atoms with E-state index >= 15 is 0 Å². The maximum Gasteiger partial charge on any atom is 0.317 e. The van der Waals surface area contributed by atoms with Crippen LogP contribution in [0.25, 0.3) is 0 Å². The van der Waals surface area contributed by atoms with Gasteiger partial charge in [-0.1, -0.05) is 0 Å². The second-order valence-corrected chi connectivity index (χ2v) is 5.13. The summed E-state index contributed by atoms with van der Waals surface area (Å²) < 4.78 is 5.29. The highest BCUT2D eigenvalue weighted by molar-refractivity contribution is 5.79. The van der Waals surface area contributed by atoms with Crippen LogP contribution in [0.2, 0.25) is 0 Å². The summed E-state index contributed by atoms with van der Waals surface area (Å²) >= 11 is 0. The van der Waals surface area contributed by atoms with E-state index in [2.05, 4.69) is 5.32 Å². The maximum absolute atomic E-state index is 11.8. The molecule has 1 unspecified atom stereocenters. The molecule has 0 bridgehead atoms. The van der Waals surface area contributed by atoms with E-state index in [0.29, 0.717) is 19.0 Å². The van der Waals surface area contributed by atoms with Gasteiger partial charge in [0.2, 0.25) is 0 Å². The van der Waals surface area contributed by atoms with Gasteiger partial charge in [0, 0.05) is 32.3 Å². The summed E-state index contributed by atoms with van der Waals surface area (Å²) in [6.07, 6.45) is 1.94. The number of likely N-dealkylation sites (tertiary alicyclic amines) is 1. The monoisotopic (exact) mass is 256 g/mol. The summed E-state index contributed by atoms with van der Waals surface area (Å²) in [5, 5.41) is 11.7. The van der Waals surface area contributed by atoms with Crippen LogP contribution in [0, 0.1) is 11.8 Å². The molecule has 0 saturated carbocycles. The first kappa shape index (κ1) is 13.1. The molecule has 0 aromatic rings. The average Bonchev–Trinajstić information content (AvgIpc) is 2.27. The molecule has 0 aliphatic carbocycles. The number of carboxylic acids is 1. The van der Waals surface area contributed by atoms with Gasteiger partial charge < -0.3 is 20.1 Å². The van der Waals surface area contributed by atoms with Crippen molar-refractivity contribution in [1.29, 1.82) is 0 Å². The number of hydrogen-bond acceptors (Lipinski definition) is 3. The number of carbonyl (C=O) groups is 2. The minimum atomic E-state index is -0.823. The lowest BCUT2D eigenvalue weighted by atomic mass is 9.93. The fourth-order valence-corrected chi connectivity index (χ4v) is 2.42. The Hall–Kier alpha value is -1.30. The van der Waals surface area contributed by atoms with Crippen LogP contribution in [0.4, 0.5) is 4.79 Å². The Morgan fingerprint density at radius 1 is 1.33 bits per heavy atom. The van der Waals surface area contributed by atoms with Gasteiger partial charge in [-0.15, -0.1) is 0 Å². The van der Waals surface area contributed by atoms with Crippen molar-refractivity contribution in [3.05, 3.63) is 0 Å². The van der Waals surface area contributed by atoms with Gasteiger partial charge in [-0.3, -0.25) is 4.79 Å². The number of carboxylic acid groups (broad SMARTS) is 1. The summed E-state index contributed by atoms with van der Waals surface area (Å²) in [7, 11) is 0. The number of amides is 2. The number of ether oxygens (including phenoxy) is 1. The molecule has 2 aliphatic rings. The van der Waals surface area contributed by atoms with Gasteiger partial charge in [0.15, 0.2) is 0 Å². The van der Waals surface area contributed by atoms with Crippen LogP contribution in [-0.2, 0) is 9.53 Å². The number of aliphatic carboxylic acids is 1. The molecule has 2 rings (SSSR count). The maximum atomic E-state index is 11.8. The Morgan fingerprint density at radius 2 is 1.94 bits per heavy atom. The smallest absolute Gasteiger partial charge is 0.317 e. The highest BCUT2D eigenvalue weighted by atomic mass is 16.5. The molecule has 2 amide bonds. The van der Waals surface area contributed by atoms with Crippen LogP contribution in [-0.4, -0.2) is 54.4 Å². The summed E-state index contributed by atoms with van der Waals surface area (Å²) in [6, 6.07) is -0.0308.